The van der Waals surface area contributed by atoms with Crippen LogP contribution in [0.1, 0.15) is 42.1 Å². The number of halogens is 3. The molecule has 172 valence electrons. The molecule has 0 aliphatic carbocycles. The Hall–Kier alpha value is -3.56. The SMILES string of the molecule is CCCOc1ccc(C(=O)CCC(=O)NNC(=O)COc2cccc(C(F)(F)F)c2)cc1. The van der Waals surface area contributed by atoms with Crippen molar-refractivity contribution in [2.24, 2.45) is 0 Å². The number of alkyl halides is 3. The first-order valence-corrected chi connectivity index (χ1v) is 9.83. The summed E-state index contributed by atoms with van der Waals surface area (Å²) in [5.74, 6) is -1.12. The topological polar surface area (TPSA) is 93.7 Å². The fraction of sp³-hybridized carbons (Fsp3) is 0.318. The van der Waals surface area contributed by atoms with Crippen LogP contribution in [0.3, 0.4) is 0 Å². The van der Waals surface area contributed by atoms with Crippen LogP contribution >= 0.6 is 0 Å². The zero-order valence-corrected chi connectivity index (χ0v) is 17.3. The minimum absolute atomic E-state index is 0.0718. The van der Waals surface area contributed by atoms with Crippen LogP contribution in [0, 0.1) is 0 Å². The summed E-state index contributed by atoms with van der Waals surface area (Å²) in [5.41, 5.74) is 3.72. The number of hydrazine groups is 1. The van der Waals surface area contributed by atoms with Crippen molar-refractivity contribution in [3.8, 4) is 11.5 Å². The van der Waals surface area contributed by atoms with Gasteiger partial charge in [-0.1, -0.05) is 13.0 Å². The third-order valence-electron chi connectivity index (χ3n) is 4.10. The molecule has 0 radical (unpaired) electrons. The van der Waals surface area contributed by atoms with Gasteiger partial charge in [-0.25, -0.2) is 0 Å². The Bertz CT molecular complexity index is 930. The van der Waals surface area contributed by atoms with E-state index in [4.69, 9.17) is 9.47 Å². The highest BCUT2D eigenvalue weighted by molar-refractivity contribution is 5.98. The summed E-state index contributed by atoms with van der Waals surface area (Å²) in [7, 11) is 0. The van der Waals surface area contributed by atoms with Crippen molar-refractivity contribution >= 4 is 17.6 Å². The summed E-state index contributed by atoms with van der Waals surface area (Å²) in [4.78, 5) is 35.7. The Morgan fingerprint density at radius 2 is 1.56 bits per heavy atom. The lowest BCUT2D eigenvalue weighted by Crippen LogP contribution is -2.43. The van der Waals surface area contributed by atoms with E-state index in [-0.39, 0.29) is 24.4 Å². The van der Waals surface area contributed by atoms with Crippen molar-refractivity contribution in [1.29, 1.82) is 0 Å². The molecule has 0 saturated carbocycles. The lowest BCUT2D eigenvalue weighted by atomic mass is 10.1. The number of benzene rings is 2. The highest BCUT2D eigenvalue weighted by Crippen LogP contribution is 2.31. The quantitative estimate of drug-likeness (QED) is 0.424. The van der Waals surface area contributed by atoms with Gasteiger partial charge in [-0.05, 0) is 48.9 Å². The van der Waals surface area contributed by atoms with Crippen molar-refractivity contribution in [2.75, 3.05) is 13.2 Å². The normalized spacial score (nSPS) is 10.9. The van der Waals surface area contributed by atoms with Gasteiger partial charge in [-0.15, -0.1) is 0 Å². The van der Waals surface area contributed by atoms with Crippen LogP contribution in [0.15, 0.2) is 48.5 Å². The third-order valence-corrected chi connectivity index (χ3v) is 4.10. The van der Waals surface area contributed by atoms with Gasteiger partial charge in [0.15, 0.2) is 12.4 Å². The zero-order valence-electron chi connectivity index (χ0n) is 17.3. The zero-order chi connectivity index (χ0) is 23.6. The average Bonchev–Trinajstić information content (AvgIpc) is 2.78. The maximum atomic E-state index is 12.7. The molecule has 2 aromatic carbocycles. The number of rotatable bonds is 10. The third kappa shape index (κ3) is 8.29. The number of amides is 2. The van der Waals surface area contributed by atoms with Crippen molar-refractivity contribution in [2.45, 2.75) is 32.4 Å². The van der Waals surface area contributed by atoms with Gasteiger partial charge >= 0.3 is 6.18 Å². The number of hydrogen-bond acceptors (Lipinski definition) is 5. The predicted octanol–water partition coefficient (Wildman–Crippen LogP) is 3.68. The Labute approximate surface area is 182 Å². The van der Waals surface area contributed by atoms with Crippen molar-refractivity contribution in [3.63, 3.8) is 0 Å². The first kappa shape index (κ1) is 24.7. The van der Waals surface area contributed by atoms with E-state index in [1.807, 2.05) is 6.92 Å². The molecule has 2 aromatic rings. The number of carbonyl (C=O) groups is 3. The summed E-state index contributed by atoms with van der Waals surface area (Å²) < 4.78 is 48.4. The number of nitrogens with one attached hydrogen (secondary N) is 2. The van der Waals surface area contributed by atoms with Gasteiger partial charge in [-0.3, -0.25) is 25.2 Å². The molecule has 0 saturated heterocycles. The van der Waals surface area contributed by atoms with Gasteiger partial charge < -0.3 is 9.47 Å². The second kappa shape index (κ2) is 11.7. The van der Waals surface area contributed by atoms with Crippen LogP contribution in [-0.2, 0) is 15.8 Å². The summed E-state index contributed by atoms with van der Waals surface area (Å²) >= 11 is 0. The Balaban J connectivity index is 1.70. The van der Waals surface area contributed by atoms with E-state index in [0.29, 0.717) is 17.9 Å². The molecule has 0 aliphatic heterocycles. The van der Waals surface area contributed by atoms with Gasteiger partial charge in [0.1, 0.15) is 11.5 Å². The molecule has 0 spiro atoms. The Morgan fingerprint density at radius 1 is 0.875 bits per heavy atom. The van der Waals surface area contributed by atoms with Crippen LogP contribution in [0.25, 0.3) is 0 Å². The standard InChI is InChI=1S/C22H23F3N2O5/c1-2-12-31-17-8-6-15(7-9-17)19(28)10-11-20(29)26-27-21(30)14-32-18-5-3-4-16(13-18)22(23,24)25/h3-9,13H,2,10-12,14H2,1H3,(H,26,29)(H,27,30). The van der Waals surface area contributed by atoms with Crippen LogP contribution < -0.4 is 20.3 Å². The number of ketones is 1. The molecule has 7 nitrogen and oxygen atoms in total. The van der Waals surface area contributed by atoms with E-state index in [9.17, 15) is 27.6 Å². The highest BCUT2D eigenvalue weighted by atomic mass is 19.4. The van der Waals surface area contributed by atoms with Gasteiger partial charge in [-0.2, -0.15) is 13.2 Å². The lowest BCUT2D eigenvalue weighted by molar-refractivity contribution is -0.137. The minimum Gasteiger partial charge on any atom is -0.494 e. The molecule has 0 fully saturated rings. The first-order chi connectivity index (χ1) is 15.2. The van der Waals surface area contributed by atoms with Gasteiger partial charge in [0, 0.05) is 18.4 Å². The summed E-state index contributed by atoms with van der Waals surface area (Å²) in [6.45, 7) is 1.95. The van der Waals surface area contributed by atoms with Gasteiger partial charge in [0.05, 0.1) is 12.2 Å². The largest absolute Gasteiger partial charge is 0.494 e. The molecule has 2 rings (SSSR count). The summed E-state index contributed by atoms with van der Waals surface area (Å²) in [5, 5.41) is 0. The molecular weight excluding hydrogens is 429 g/mol. The molecule has 0 bridgehead atoms. The number of Topliss-reactive ketones (excluding diaryl/α,β-unsaturated/α-hetero) is 1. The van der Waals surface area contributed by atoms with E-state index in [1.54, 1.807) is 24.3 Å². The number of ether oxygens (including phenoxy) is 2. The number of carbonyl (C=O) groups excluding carboxylic acids is 3. The molecule has 10 heteroatoms. The van der Waals surface area contributed by atoms with E-state index < -0.39 is 30.2 Å². The van der Waals surface area contributed by atoms with Crippen molar-refractivity contribution in [3.05, 3.63) is 59.7 Å². The molecule has 0 heterocycles. The monoisotopic (exact) mass is 452 g/mol. The first-order valence-electron chi connectivity index (χ1n) is 9.83. The fourth-order valence-corrected chi connectivity index (χ4v) is 2.48. The second-order valence-electron chi connectivity index (χ2n) is 6.71. The van der Waals surface area contributed by atoms with E-state index in [0.717, 1.165) is 24.6 Å². The molecule has 2 N–H and O–H groups in total. The molecular formula is C22H23F3N2O5. The summed E-state index contributed by atoms with van der Waals surface area (Å²) in [6, 6.07) is 10.6. The van der Waals surface area contributed by atoms with E-state index >= 15 is 0 Å². The van der Waals surface area contributed by atoms with Crippen molar-refractivity contribution < 1.29 is 37.0 Å². The summed E-state index contributed by atoms with van der Waals surface area (Å²) in [6.07, 6.45) is -3.90. The lowest BCUT2D eigenvalue weighted by Gasteiger charge is -2.11. The fourth-order valence-electron chi connectivity index (χ4n) is 2.48. The van der Waals surface area contributed by atoms with Crippen LogP contribution in [0.4, 0.5) is 13.2 Å². The molecule has 0 aromatic heterocycles. The maximum Gasteiger partial charge on any atom is 0.416 e. The smallest absolute Gasteiger partial charge is 0.416 e. The predicted molar refractivity (Wildman–Crippen MR) is 109 cm³/mol. The van der Waals surface area contributed by atoms with Crippen LogP contribution in [0.5, 0.6) is 11.5 Å². The Kier molecular flexibility index (Phi) is 9.06. The molecule has 0 atom stereocenters. The van der Waals surface area contributed by atoms with Gasteiger partial charge in [0.25, 0.3) is 5.91 Å². The molecule has 2 amide bonds. The highest BCUT2D eigenvalue weighted by Gasteiger charge is 2.30. The molecule has 32 heavy (non-hydrogen) atoms. The minimum atomic E-state index is -4.53. The Morgan fingerprint density at radius 3 is 2.22 bits per heavy atom. The van der Waals surface area contributed by atoms with Crippen LogP contribution in [0.2, 0.25) is 0 Å². The number of hydrogen-bond donors (Lipinski definition) is 2. The maximum absolute atomic E-state index is 12.7. The molecule has 0 unspecified atom stereocenters. The average molecular weight is 452 g/mol. The van der Waals surface area contributed by atoms with E-state index in [1.165, 1.54) is 6.07 Å². The second-order valence-corrected chi connectivity index (χ2v) is 6.71. The van der Waals surface area contributed by atoms with Crippen LogP contribution in [-0.4, -0.2) is 30.8 Å². The van der Waals surface area contributed by atoms with Gasteiger partial charge in [0.2, 0.25) is 5.91 Å². The van der Waals surface area contributed by atoms with E-state index in [2.05, 4.69) is 10.9 Å². The molecule has 0 aliphatic rings. The van der Waals surface area contributed by atoms with Crippen molar-refractivity contribution in [1.82, 2.24) is 10.9 Å².